The summed E-state index contributed by atoms with van der Waals surface area (Å²) in [5, 5.41) is 6.77. The number of para-hydroxylation sites is 2. The maximum Gasteiger partial charge on any atom is 0.468 e. The molecule has 0 atom stereocenters. The zero-order valence-electron chi connectivity index (χ0n) is 34.1. The van der Waals surface area contributed by atoms with E-state index in [-0.39, 0.29) is 10.8 Å². The summed E-state index contributed by atoms with van der Waals surface area (Å²) in [6.45, 7) is 32.0. The Bertz CT molecular complexity index is 2610. The molecule has 0 spiro atoms. The molecule has 0 aliphatic carbocycles. The van der Waals surface area contributed by atoms with Crippen molar-refractivity contribution in [1.29, 1.82) is 0 Å². The van der Waals surface area contributed by atoms with E-state index in [0.29, 0.717) is 23.2 Å². The molecule has 9 heteroatoms. The number of methoxy groups -OCH3 is 1. The summed E-state index contributed by atoms with van der Waals surface area (Å²) in [5.41, 5.74) is 12.2. The lowest BCUT2D eigenvalue weighted by Crippen LogP contribution is -2.32. The van der Waals surface area contributed by atoms with Crippen LogP contribution in [0.5, 0.6) is 6.01 Å². The van der Waals surface area contributed by atoms with E-state index >= 15 is 0 Å². The minimum absolute atomic E-state index is 0.0746. The van der Waals surface area contributed by atoms with E-state index in [1.165, 1.54) is 11.1 Å². The summed E-state index contributed by atoms with van der Waals surface area (Å²) in [4.78, 5) is 16.2. The van der Waals surface area contributed by atoms with Crippen molar-refractivity contribution < 1.29 is 9.30 Å². The number of ether oxygens (including phenoxy) is 1. The molecule has 0 amide bonds. The molecule has 0 fully saturated rings. The Morgan fingerprint density at radius 2 is 1.21 bits per heavy atom. The fourth-order valence-electron chi connectivity index (χ4n) is 6.46. The number of anilines is 4. The van der Waals surface area contributed by atoms with Gasteiger partial charge in [-0.25, -0.2) is 19.7 Å². The summed E-state index contributed by atoms with van der Waals surface area (Å²) in [6.07, 6.45) is 3.19. The van der Waals surface area contributed by atoms with Crippen molar-refractivity contribution in [3.8, 4) is 17.4 Å². The van der Waals surface area contributed by atoms with Gasteiger partial charge in [-0.15, -0.1) is 4.57 Å². The molecule has 4 aromatic carbocycles. The lowest BCUT2D eigenvalue weighted by Gasteiger charge is -2.20. The van der Waals surface area contributed by atoms with Gasteiger partial charge in [0, 0.05) is 23.8 Å². The fraction of sp³-hybridized carbons (Fsp3) is 0.229. The van der Waals surface area contributed by atoms with Crippen molar-refractivity contribution in [2.75, 3.05) is 17.7 Å². The van der Waals surface area contributed by atoms with E-state index < -0.39 is 0 Å². The third-order valence-electron chi connectivity index (χ3n) is 9.76. The number of hydrogen-bond acceptors (Lipinski definition) is 5. The van der Waals surface area contributed by atoms with E-state index in [0.717, 1.165) is 50.7 Å². The zero-order chi connectivity index (χ0) is 40.9. The molecule has 9 nitrogen and oxygen atoms in total. The van der Waals surface area contributed by atoms with Crippen LogP contribution in [-0.4, -0.2) is 21.6 Å². The van der Waals surface area contributed by atoms with Gasteiger partial charge >= 0.3 is 6.01 Å². The number of hydrogen-bond donors (Lipinski definition) is 2. The predicted molar refractivity (Wildman–Crippen MR) is 232 cm³/mol. The van der Waals surface area contributed by atoms with Crippen LogP contribution in [0.3, 0.4) is 0 Å². The van der Waals surface area contributed by atoms with Gasteiger partial charge in [0.05, 0.1) is 25.9 Å². The highest BCUT2D eigenvalue weighted by Gasteiger charge is 2.31. The maximum absolute atomic E-state index is 7.43. The Morgan fingerprint density at radius 1 is 0.649 bits per heavy atom. The summed E-state index contributed by atoms with van der Waals surface area (Å²) in [7, 11) is 1.67. The molecule has 286 valence electrons. The van der Waals surface area contributed by atoms with Crippen LogP contribution >= 0.6 is 0 Å². The lowest BCUT2D eigenvalue weighted by atomic mass is 9.87. The Labute approximate surface area is 336 Å². The monoisotopic (exact) mass is 753 g/mol. The van der Waals surface area contributed by atoms with Gasteiger partial charge in [-0.3, -0.25) is 0 Å². The van der Waals surface area contributed by atoms with Crippen LogP contribution in [0.1, 0.15) is 63.8 Å². The molecule has 0 bridgehead atoms. The minimum atomic E-state index is 0.0746. The zero-order valence-corrected chi connectivity index (χ0v) is 34.1. The number of aromatic nitrogens is 4. The van der Waals surface area contributed by atoms with Crippen LogP contribution in [0.2, 0.25) is 0 Å². The lowest BCUT2D eigenvalue weighted by molar-refractivity contribution is -0.576. The Balaban J connectivity index is 0.000000194. The first kappa shape index (κ1) is 39.7. The smallest absolute Gasteiger partial charge is 0.434 e. The van der Waals surface area contributed by atoms with Crippen molar-refractivity contribution in [2.24, 2.45) is 0 Å². The molecule has 3 aromatic heterocycles. The normalized spacial score (nSPS) is 11.2. The van der Waals surface area contributed by atoms with Gasteiger partial charge in [0.25, 0.3) is 5.65 Å². The first-order chi connectivity index (χ1) is 27.2. The average molecular weight is 754 g/mol. The van der Waals surface area contributed by atoms with Crippen LogP contribution in [-0.2, 0) is 10.8 Å². The molecule has 0 unspecified atom stereocenters. The summed E-state index contributed by atoms with van der Waals surface area (Å²) in [5.74, 6) is 0.689. The average Bonchev–Trinajstić information content (AvgIpc) is 3.52. The molecule has 3 heterocycles. The Hall–Kier alpha value is -6.97. The van der Waals surface area contributed by atoms with Crippen molar-refractivity contribution in [1.82, 2.24) is 14.5 Å². The Morgan fingerprint density at radius 3 is 1.79 bits per heavy atom. The van der Waals surface area contributed by atoms with Crippen LogP contribution in [0.15, 0.2) is 122 Å². The molecular weight excluding hydrogens is 705 g/mol. The molecule has 0 saturated carbocycles. The fourth-order valence-corrected chi connectivity index (χ4v) is 6.46. The van der Waals surface area contributed by atoms with Crippen molar-refractivity contribution >= 4 is 45.4 Å². The Kier molecular flexibility index (Phi) is 11.4. The second-order valence-electron chi connectivity index (χ2n) is 16.0. The van der Waals surface area contributed by atoms with Crippen molar-refractivity contribution in [3.05, 3.63) is 167 Å². The van der Waals surface area contributed by atoms with Crippen molar-refractivity contribution in [3.63, 3.8) is 0 Å². The van der Waals surface area contributed by atoms with Gasteiger partial charge in [-0.2, -0.15) is 4.57 Å². The van der Waals surface area contributed by atoms with Crippen LogP contribution in [0, 0.1) is 27.0 Å². The minimum Gasteiger partial charge on any atom is -0.434 e. The number of fused-ring (bicyclic) bond motifs is 1. The molecule has 7 aromatic rings. The molecule has 0 radical (unpaired) electrons. The molecular formula is C48H49N8O+. The number of aryl methyl sites for hydroxylation is 2. The van der Waals surface area contributed by atoms with Gasteiger partial charge in [0.1, 0.15) is 11.4 Å². The second kappa shape index (κ2) is 16.4. The molecule has 57 heavy (non-hydrogen) atoms. The summed E-state index contributed by atoms with van der Waals surface area (Å²) in [6, 6.07) is 37.4. The van der Waals surface area contributed by atoms with E-state index in [2.05, 4.69) is 139 Å². The van der Waals surface area contributed by atoms with Gasteiger partial charge in [-0.05, 0) is 95.5 Å². The van der Waals surface area contributed by atoms with Crippen LogP contribution in [0.4, 0.5) is 34.3 Å². The van der Waals surface area contributed by atoms with E-state index in [1.807, 2.05) is 64.6 Å². The van der Waals surface area contributed by atoms with E-state index in [9.17, 15) is 0 Å². The molecule has 0 aliphatic rings. The van der Waals surface area contributed by atoms with Gasteiger partial charge in [0.15, 0.2) is 11.3 Å². The predicted octanol–water partition coefficient (Wildman–Crippen LogP) is 12.2. The van der Waals surface area contributed by atoms with E-state index in [4.69, 9.17) is 17.9 Å². The number of rotatable bonds is 7. The highest BCUT2D eigenvalue weighted by molar-refractivity contribution is 5.79. The third kappa shape index (κ3) is 8.80. The molecule has 7 rings (SSSR count). The summed E-state index contributed by atoms with van der Waals surface area (Å²) < 4.78 is 9.94. The molecule has 2 N–H and O–H groups in total. The van der Waals surface area contributed by atoms with Gasteiger partial charge in [0.2, 0.25) is 11.4 Å². The third-order valence-corrected chi connectivity index (χ3v) is 9.76. The second-order valence-corrected chi connectivity index (χ2v) is 16.0. The largest absolute Gasteiger partial charge is 0.468 e. The molecule has 0 aliphatic heterocycles. The number of imidazole rings is 1. The van der Waals surface area contributed by atoms with Crippen LogP contribution in [0.25, 0.3) is 32.2 Å². The standard InChI is InChI=1S/C25H25N4O.C23H24N4/c1-17-9-7-8-10-21(17)29-22-15-19(26-5)16-27-23(22)28(24(29)30-6)20-13-11-18(12-14-20)25(2,3)4;1-16-8-6-7-9-20(16)27-21-14-19(24-5)15-25-22(21)26-18-12-10-17(11-13-18)23(2,3)4/h7-16H,1-4,6H3;6-15,27H,1-4H3,(H,25,26)/q+1;. The number of pyridine rings is 2. The number of nitrogens with one attached hydrogen (secondary N) is 2. The number of nitrogens with zero attached hydrogens (tertiary/aromatic N) is 6. The first-order valence-electron chi connectivity index (χ1n) is 18.8. The van der Waals surface area contributed by atoms with Crippen molar-refractivity contribution in [2.45, 2.75) is 66.2 Å². The highest BCUT2D eigenvalue weighted by atomic mass is 16.5. The maximum atomic E-state index is 7.43. The van der Waals surface area contributed by atoms with E-state index in [1.54, 1.807) is 19.5 Å². The topological polar surface area (TPSA) is 76.6 Å². The highest BCUT2D eigenvalue weighted by Crippen LogP contribution is 2.33. The van der Waals surface area contributed by atoms with Gasteiger partial charge in [-0.1, -0.05) is 102 Å². The quantitative estimate of drug-likeness (QED) is 0.125. The van der Waals surface area contributed by atoms with Gasteiger partial charge < -0.3 is 15.4 Å². The molecule has 0 saturated heterocycles. The van der Waals surface area contributed by atoms with Crippen LogP contribution < -0.4 is 19.9 Å². The summed E-state index contributed by atoms with van der Waals surface area (Å²) >= 11 is 0. The number of benzene rings is 4. The SMILES string of the molecule is [C-]#[N+]c1cnc(Nc2ccc(C(C)(C)C)cc2)c(Nc2ccccc2C)c1.[C-]#[N+]c1cnc2c(c1)[n+](-c1ccccc1C)c(OC)n2-c1ccc(C(C)(C)C)cc1. The first-order valence-corrected chi connectivity index (χ1v) is 18.8.